The Morgan fingerprint density at radius 2 is 1.17 bits per heavy atom. The lowest BCUT2D eigenvalue weighted by atomic mass is 9.96. The van der Waals surface area contributed by atoms with Crippen LogP contribution in [0.1, 0.15) is 77.3 Å². The van der Waals surface area contributed by atoms with Crippen molar-refractivity contribution in [2.75, 3.05) is 19.5 Å². The minimum absolute atomic E-state index is 0. The first kappa shape index (κ1) is 42.7. The molecule has 0 saturated heterocycles. The van der Waals surface area contributed by atoms with Crippen LogP contribution in [0.2, 0.25) is 10.0 Å². The molecule has 0 amide bonds. The predicted octanol–water partition coefficient (Wildman–Crippen LogP) is 6.50. The van der Waals surface area contributed by atoms with Gasteiger partial charge in [-0.25, -0.2) is 0 Å². The molecule has 0 aliphatic heterocycles. The Morgan fingerprint density at radius 3 is 1.50 bits per heavy atom. The van der Waals surface area contributed by atoms with Gasteiger partial charge in [-0.2, -0.15) is 35.4 Å². The van der Waals surface area contributed by atoms with Gasteiger partial charge in [-0.15, -0.1) is 0 Å². The van der Waals surface area contributed by atoms with Crippen molar-refractivity contribution in [3.63, 3.8) is 0 Å². The summed E-state index contributed by atoms with van der Waals surface area (Å²) in [6.45, 7) is 10.5. The number of carbonyl (C=O) groups is 2. The Kier molecular flexibility index (Phi) is 19.3. The van der Waals surface area contributed by atoms with Gasteiger partial charge in [-0.3, -0.25) is 13.8 Å². The van der Waals surface area contributed by atoms with E-state index in [0.717, 1.165) is 17.4 Å². The van der Waals surface area contributed by atoms with Crippen LogP contribution in [0, 0.1) is 0 Å². The van der Waals surface area contributed by atoms with Gasteiger partial charge in [0.15, 0.2) is 0 Å². The standard InChI is InChI=1S/C15H21ClO5S.C14H19ClO3.2H2S/c1-15(2,3)21-14(17)9-12(10-20-22(4,18)19)11-6-5-7-13(16)8-11;1-14(2,3)18-13(17)8-11(9-16)10-5-4-6-12(15)7-10;;/h5-8,12H,9-10H2,1-4H3;4-7,11,16H,8-9H2,1-3H3;2*1H2/t12-;11-;;/m11../s1. The average Bonchev–Trinajstić information content (AvgIpc) is 2.77. The molecule has 0 aliphatic carbocycles. The number of halogens is 2. The Hall–Kier alpha value is -1.47. The summed E-state index contributed by atoms with van der Waals surface area (Å²) in [5.41, 5.74) is 0.455. The largest absolute Gasteiger partial charge is 0.460 e. The fraction of sp³-hybridized carbons (Fsp3) is 0.517. The second kappa shape index (κ2) is 19.0. The highest BCUT2D eigenvalue weighted by Gasteiger charge is 2.24. The van der Waals surface area contributed by atoms with Gasteiger partial charge in [0.25, 0.3) is 10.1 Å². The van der Waals surface area contributed by atoms with Crippen molar-refractivity contribution in [1.82, 2.24) is 0 Å². The average molecular weight is 688 g/mol. The summed E-state index contributed by atoms with van der Waals surface area (Å²) in [6.07, 6.45) is 1.12. The number of esters is 2. The number of aliphatic hydroxyl groups is 1. The Labute approximate surface area is 274 Å². The fourth-order valence-corrected chi connectivity index (χ4v) is 4.27. The Balaban J connectivity index is 0. The van der Waals surface area contributed by atoms with E-state index in [1.54, 1.807) is 63.2 Å². The molecule has 0 fully saturated rings. The summed E-state index contributed by atoms with van der Waals surface area (Å²) in [4.78, 5) is 23.7. The summed E-state index contributed by atoms with van der Waals surface area (Å²) in [6, 6.07) is 14.0. The summed E-state index contributed by atoms with van der Waals surface area (Å²) in [5.74, 6) is -1.47. The second-order valence-electron chi connectivity index (χ2n) is 11.3. The third-order valence-corrected chi connectivity index (χ3v) is 6.04. The monoisotopic (exact) mass is 686 g/mol. The maximum Gasteiger partial charge on any atom is 0.307 e. The molecule has 13 heteroatoms. The summed E-state index contributed by atoms with van der Waals surface area (Å²) >= 11 is 11.8. The van der Waals surface area contributed by atoms with Crippen LogP contribution in [-0.4, -0.2) is 56.1 Å². The molecule has 0 heterocycles. The zero-order chi connectivity index (χ0) is 30.7. The number of hydrogen-bond donors (Lipinski definition) is 1. The van der Waals surface area contributed by atoms with E-state index in [1.165, 1.54) is 0 Å². The highest BCUT2D eigenvalue weighted by molar-refractivity contribution is 7.85. The van der Waals surface area contributed by atoms with Crippen molar-refractivity contribution in [2.45, 2.75) is 77.4 Å². The third kappa shape index (κ3) is 19.7. The molecule has 2 rings (SSSR count). The van der Waals surface area contributed by atoms with Crippen LogP contribution in [0.15, 0.2) is 48.5 Å². The first-order valence-electron chi connectivity index (χ1n) is 12.7. The van der Waals surface area contributed by atoms with E-state index < -0.39 is 33.2 Å². The zero-order valence-electron chi connectivity index (χ0n) is 25.1. The number of hydrogen-bond acceptors (Lipinski definition) is 8. The van der Waals surface area contributed by atoms with E-state index in [0.29, 0.717) is 10.0 Å². The summed E-state index contributed by atoms with van der Waals surface area (Å²) in [7, 11) is -3.59. The lowest BCUT2D eigenvalue weighted by Gasteiger charge is -2.22. The maximum atomic E-state index is 12.0. The van der Waals surface area contributed by atoms with E-state index in [1.807, 2.05) is 26.8 Å². The number of aliphatic hydroxyl groups excluding tert-OH is 1. The summed E-state index contributed by atoms with van der Waals surface area (Å²) in [5, 5.41) is 10.5. The van der Waals surface area contributed by atoms with E-state index in [2.05, 4.69) is 0 Å². The van der Waals surface area contributed by atoms with E-state index in [4.69, 9.17) is 36.9 Å². The van der Waals surface area contributed by atoms with Gasteiger partial charge in [-0.1, -0.05) is 47.5 Å². The molecule has 2 atom stereocenters. The number of ether oxygens (including phenoxy) is 2. The molecule has 2 aromatic rings. The fourth-order valence-electron chi connectivity index (χ4n) is 3.46. The van der Waals surface area contributed by atoms with Gasteiger partial charge < -0.3 is 14.6 Å². The van der Waals surface area contributed by atoms with Crippen molar-refractivity contribution in [3.05, 3.63) is 69.7 Å². The Morgan fingerprint density at radius 1 is 0.786 bits per heavy atom. The van der Waals surface area contributed by atoms with Crippen LogP contribution >= 0.6 is 50.2 Å². The minimum Gasteiger partial charge on any atom is -0.460 e. The van der Waals surface area contributed by atoms with Crippen LogP contribution in [0.4, 0.5) is 0 Å². The molecule has 240 valence electrons. The van der Waals surface area contributed by atoms with Crippen molar-refractivity contribution < 1.29 is 36.8 Å². The van der Waals surface area contributed by atoms with Gasteiger partial charge in [0.05, 0.1) is 32.3 Å². The molecule has 0 bridgehead atoms. The lowest BCUT2D eigenvalue weighted by Crippen LogP contribution is -2.26. The first-order valence-corrected chi connectivity index (χ1v) is 15.2. The van der Waals surface area contributed by atoms with Gasteiger partial charge in [0.1, 0.15) is 11.2 Å². The molecular formula is C29H44Cl2O8S3. The van der Waals surface area contributed by atoms with Gasteiger partial charge >= 0.3 is 11.9 Å². The molecule has 0 saturated carbocycles. The van der Waals surface area contributed by atoms with Crippen LogP contribution < -0.4 is 0 Å². The molecule has 0 radical (unpaired) electrons. The molecule has 0 aromatic heterocycles. The third-order valence-electron chi connectivity index (χ3n) is 5.01. The second-order valence-corrected chi connectivity index (χ2v) is 13.8. The first-order chi connectivity index (χ1) is 18.3. The SMILES string of the molecule is CC(C)(C)OC(=O)C[C@H](CO)c1cccc(Cl)c1.CC(C)(C)OC(=O)C[C@H](COS(C)(=O)=O)c1cccc(Cl)c1.S.S. The predicted molar refractivity (Wildman–Crippen MR) is 178 cm³/mol. The number of benzene rings is 2. The molecule has 0 unspecified atom stereocenters. The normalized spacial score (nSPS) is 12.8. The van der Waals surface area contributed by atoms with Crippen molar-refractivity contribution >= 4 is 72.3 Å². The molecule has 2 aromatic carbocycles. The van der Waals surface area contributed by atoms with Crippen LogP contribution in [0.25, 0.3) is 0 Å². The summed E-state index contributed by atoms with van der Waals surface area (Å²) < 4.78 is 37.7. The van der Waals surface area contributed by atoms with Crippen molar-refractivity contribution in [3.8, 4) is 0 Å². The molecule has 0 aliphatic rings. The molecule has 1 N–H and O–H groups in total. The maximum absolute atomic E-state index is 12.0. The van der Waals surface area contributed by atoms with Crippen LogP contribution in [0.3, 0.4) is 0 Å². The zero-order valence-corrected chi connectivity index (χ0v) is 29.4. The van der Waals surface area contributed by atoms with Crippen LogP contribution in [0.5, 0.6) is 0 Å². The Bertz CT molecular complexity index is 1230. The molecular weight excluding hydrogens is 643 g/mol. The van der Waals surface area contributed by atoms with Gasteiger partial charge in [0.2, 0.25) is 0 Å². The lowest BCUT2D eigenvalue weighted by molar-refractivity contribution is -0.156. The highest BCUT2D eigenvalue weighted by atomic mass is 35.5. The number of rotatable bonds is 10. The highest BCUT2D eigenvalue weighted by Crippen LogP contribution is 2.26. The molecule has 8 nitrogen and oxygen atoms in total. The van der Waals surface area contributed by atoms with E-state index in [9.17, 15) is 23.1 Å². The topological polar surface area (TPSA) is 116 Å². The van der Waals surface area contributed by atoms with Crippen LogP contribution in [-0.2, 0) is 33.4 Å². The molecule has 0 spiro atoms. The van der Waals surface area contributed by atoms with Crippen molar-refractivity contribution in [1.29, 1.82) is 0 Å². The minimum atomic E-state index is -3.59. The smallest absolute Gasteiger partial charge is 0.307 e. The van der Waals surface area contributed by atoms with E-state index >= 15 is 0 Å². The van der Waals surface area contributed by atoms with Gasteiger partial charge in [0, 0.05) is 21.9 Å². The quantitative estimate of drug-likeness (QED) is 0.222. The van der Waals surface area contributed by atoms with E-state index in [-0.39, 0.29) is 64.9 Å². The molecule has 42 heavy (non-hydrogen) atoms. The van der Waals surface area contributed by atoms with Crippen molar-refractivity contribution in [2.24, 2.45) is 0 Å². The van der Waals surface area contributed by atoms with Gasteiger partial charge in [-0.05, 0) is 76.9 Å². The number of carbonyl (C=O) groups excluding carboxylic acids is 2.